The molecule has 0 radical (unpaired) electrons. The van der Waals surface area contributed by atoms with Gasteiger partial charge in [0.1, 0.15) is 0 Å². The zero-order valence-corrected chi connectivity index (χ0v) is 9.67. The Balaban J connectivity index is 1.75. The molecule has 3 unspecified atom stereocenters. The zero-order valence-electron chi connectivity index (χ0n) is 8.85. The van der Waals surface area contributed by atoms with Crippen molar-refractivity contribution in [3.63, 3.8) is 0 Å². The van der Waals surface area contributed by atoms with E-state index in [9.17, 15) is 8.42 Å². The van der Waals surface area contributed by atoms with Crippen LogP contribution < -0.4 is 10.5 Å². The number of rotatable bonds is 4. The summed E-state index contributed by atoms with van der Waals surface area (Å²) in [5.41, 5.74) is 0. The summed E-state index contributed by atoms with van der Waals surface area (Å²) in [4.78, 5) is 2.47. The Kier molecular flexibility index (Phi) is 3.30. The lowest BCUT2D eigenvalue weighted by atomic mass is 9.94. The van der Waals surface area contributed by atoms with Crippen molar-refractivity contribution in [1.82, 2.24) is 10.2 Å². The number of nitrogens with one attached hydrogen (secondary N) is 1. The number of primary sulfonamides is 1. The van der Waals surface area contributed by atoms with Gasteiger partial charge < -0.3 is 10.2 Å². The van der Waals surface area contributed by atoms with E-state index >= 15 is 0 Å². The van der Waals surface area contributed by atoms with E-state index in [1.807, 2.05) is 0 Å². The summed E-state index contributed by atoms with van der Waals surface area (Å²) in [6.07, 6.45) is 2.38. The molecule has 3 atom stereocenters. The molecule has 2 aliphatic rings. The van der Waals surface area contributed by atoms with Gasteiger partial charge in [-0.05, 0) is 31.8 Å². The second-order valence-electron chi connectivity index (χ2n) is 4.57. The minimum atomic E-state index is -3.31. The second kappa shape index (κ2) is 4.37. The van der Waals surface area contributed by atoms with Crippen LogP contribution in [0.1, 0.15) is 12.8 Å². The Morgan fingerprint density at radius 3 is 2.80 bits per heavy atom. The maximum absolute atomic E-state index is 10.8. The molecule has 2 bridgehead atoms. The normalized spacial score (nSPS) is 35.7. The molecule has 2 rings (SSSR count). The first-order chi connectivity index (χ1) is 7.04. The Morgan fingerprint density at radius 2 is 2.07 bits per heavy atom. The van der Waals surface area contributed by atoms with E-state index < -0.39 is 10.0 Å². The van der Waals surface area contributed by atoms with Crippen molar-refractivity contribution in [2.45, 2.75) is 18.9 Å². The molecule has 2 heterocycles. The molecule has 6 heteroatoms. The Labute approximate surface area is 91.1 Å². The van der Waals surface area contributed by atoms with Gasteiger partial charge in [0.05, 0.1) is 5.75 Å². The Hall–Kier alpha value is -0.170. The highest BCUT2D eigenvalue weighted by Gasteiger charge is 2.33. The molecule has 3 N–H and O–H groups in total. The van der Waals surface area contributed by atoms with Crippen molar-refractivity contribution in [2.24, 2.45) is 11.1 Å². The van der Waals surface area contributed by atoms with Gasteiger partial charge in [0.25, 0.3) is 0 Å². The molecule has 0 spiro atoms. The van der Waals surface area contributed by atoms with E-state index in [4.69, 9.17) is 5.14 Å². The van der Waals surface area contributed by atoms with Gasteiger partial charge in [-0.15, -0.1) is 0 Å². The molecule has 5 nitrogen and oxygen atoms in total. The van der Waals surface area contributed by atoms with Gasteiger partial charge in [0, 0.05) is 19.1 Å². The lowest BCUT2D eigenvalue weighted by molar-refractivity contribution is 0.223. The minimum absolute atomic E-state index is 0.0416. The smallest absolute Gasteiger partial charge is 0.210 e. The second-order valence-corrected chi connectivity index (χ2v) is 6.30. The number of hydrogen-bond donors (Lipinski definition) is 2. The third-order valence-electron chi connectivity index (χ3n) is 3.43. The minimum Gasteiger partial charge on any atom is -0.313 e. The number of nitrogens with zero attached hydrogens (tertiary/aromatic N) is 1. The van der Waals surface area contributed by atoms with Crippen LogP contribution in [-0.2, 0) is 10.0 Å². The number of nitrogens with two attached hydrogens (primary N) is 1. The molecule has 0 aromatic carbocycles. The molecule has 15 heavy (non-hydrogen) atoms. The Morgan fingerprint density at radius 1 is 1.33 bits per heavy atom. The molecule has 88 valence electrons. The van der Waals surface area contributed by atoms with Crippen LogP contribution in [-0.4, -0.2) is 51.3 Å². The highest BCUT2D eigenvalue weighted by atomic mass is 32.2. The lowest BCUT2D eigenvalue weighted by Crippen LogP contribution is -2.45. The lowest BCUT2D eigenvalue weighted by Gasteiger charge is -2.31. The summed E-state index contributed by atoms with van der Waals surface area (Å²) in [6.45, 7) is 4.01. The molecule has 0 saturated carbocycles. The number of hydrogen-bond acceptors (Lipinski definition) is 4. The monoisotopic (exact) mass is 233 g/mol. The van der Waals surface area contributed by atoms with E-state index in [2.05, 4.69) is 10.2 Å². The van der Waals surface area contributed by atoms with Gasteiger partial charge in [0.15, 0.2) is 0 Å². The van der Waals surface area contributed by atoms with Crippen LogP contribution in [0.2, 0.25) is 0 Å². The van der Waals surface area contributed by atoms with Crippen molar-refractivity contribution >= 4 is 10.0 Å². The zero-order chi connectivity index (χ0) is 10.9. The SMILES string of the molecule is NS(=O)(=O)CCNC1CCN2CCC1C2. The first kappa shape index (κ1) is 11.3. The molecule has 0 aliphatic carbocycles. The first-order valence-corrected chi connectivity index (χ1v) is 7.22. The van der Waals surface area contributed by atoms with Crippen LogP contribution in [0.15, 0.2) is 0 Å². The van der Waals surface area contributed by atoms with Crippen LogP contribution in [0.3, 0.4) is 0 Å². The van der Waals surface area contributed by atoms with E-state index in [1.165, 1.54) is 19.5 Å². The van der Waals surface area contributed by atoms with Gasteiger partial charge in [-0.3, -0.25) is 0 Å². The number of fused-ring (bicyclic) bond motifs is 2. The van der Waals surface area contributed by atoms with E-state index in [-0.39, 0.29) is 5.75 Å². The predicted octanol–water partition coefficient (Wildman–Crippen LogP) is -1.04. The van der Waals surface area contributed by atoms with Gasteiger partial charge in [-0.2, -0.15) is 0 Å². The average molecular weight is 233 g/mol. The largest absolute Gasteiger partial charge is 0.313 e. The van der Waals surface area contributed by atoms with Gasteiger partial charge in [-0.1, -0.05) is 0 Å². The van der Waals surface area contributed by atoms with Crippen LogP contribution in [0.5, 0.6) is 0 Å². The summed E-state index contributed by atoms with van der Waals surface area (Å²) >= 11 is 0. The Bertz CT molecular complexity index is 317. The maximum Gasteiger partial charge on any atom is 0.210 e. The van der Waals surface area contributed by atoms with Crippen molar-refractivity contribution in [1.29, 1.82) is 0 Å². The average Bonchev–Trinajstić information content (AvgIpc) is 2.51. The number of sulfonamides is 1. The van der Waals surface area contributed by atoms with Crippen molar-refractivity contribution in [3.05, 3.63) is 0 Å². The van der Waals surface area contributed by atoms with Gasteiger partial charge in [0.2, 0.25) is 10.0 Å². The van der Waals surface area contributed by atoms with Crippen molar-refractivity contribution in [2.75, 3.05) is 31.9 Å². The molecular formula is C9H19N3O2S. The van der Waals surface area contributed by atoms with E-state index in [0.717, 1.165) is 13.0 Å². The van der Waals surface area contributed by atoms with E-state index in [1.54, 1.807) is 0 Å². The van der Waals surface area contributed by atoms with Gasteiger partial charge >= 0.3 is 0 Å². The highest BCUT2D eigenvalue weighted by Crippen LogP contribution is 2.26. The molecule has 2 saturated heterocycles. The topological polar surface area (TPSA) is 75.4 Å². The molecule has 2 fully saturated rings. The fourth-order valence-electron chi connectivity index (χ4n) is 2.61. The fraction of sp³-hybridized carbons (Fsp3) is 1.00. The summed E-state index contributed by atoms with van der Waals surface area (Å²) in [5, 5.41) is 8.27. The summed E-state index contributed by atoms with van der Waals surface area (Å²) in [5.74, 6) is 0.749. The van der Waals surface area contributed by atoms with Crippen LogP contribution >= 0.6 is 0 Å². The first-order valence-electron chi connectivity index (χ1n) is 5.51. The standard InChI is InChI=1S/C9H19N3O2S/c10-15(13,14)6-3-11-9-2-5-12-4-1-8(9)7-12/h8-9,11H,1-7H2,(H2,10,13,14). The molecule has 2 aliphatic heterocycles. The molecule has 0 aromatic heterocycles. The van der Waals surface area contributed by atoms with Crippen molar-refractivity contribution in [3.8, 4) is 0 Å². The summed E-state index contributed by atoms with van der Waals surface area (Å²) in [6, 6.07) is 0.491. The highest BCUT2D eigenvalue weighted by molar-refractivity contribution is 7.89. The third kappa shape index (κ3) is 3.14. The summed E-state index contributed by atoms with van der Waals surface area (Å²) in [7, 11) is -3.31. The fourth-order valence-corrected chi connectivity index (χ4v) is 3.01. The summed E-state index contributed by atoms with van der Waals surface area (Å²) < 4.78 is 21.5. The van der Waals surface area contributed by atoms with Crippen molar-refractivity contribution < 1.29 is 8.42 Å². The molecule has 0 aromatic rings. The van der Waals surface area contributed by atoms with Gasteiger partial charge in [-0.25, -0.2) is 13.6 Å². The predicted molar refractivity (Wildman–Crippen MR) is 58.9 cm³/mol. The third-order valence-corrected chi connectivity index (χ3v) is 4.20. The number of piperidine rings is 1. The molecule has 0 amide bonds. The van der Waals surface area contributed by atoms with Crippen LogP contribution in [0.25, 0.3) is 0 Å². The van der Waals surface area contributed by atoms with Crippen LogP contribution in [0, 0.1) is 5.92 Å². The van der Waals surface area contributed by atoms with Crippen LogP contribution in [0.4, 0.5) is 0 Å². The van der Waals surface area contributed by atoms with E-state index in [0.29, 0.717) is 18.5 Å². The molecular weight excluding hydrogens is 214 g/mol. The maximum atomic E-state index is 10.8. The quantitative estimate of drug-likeness (QED) is 0.650.